The molecule has 24 heavy (non-hydrogen) atoms. The van der Waals surface area contributed by atoms with E-state index in [-0.39, 0.29) is 24.0 Å². The SMILES string of the molecule is C[C@H](CCc1cccn1C)NC(=O)N[C@@H]1CC(=O)N([C@H]2C[C@@H]2C)C1. The number of aryl methyl sites for hydroxylation is 2. The molecule has 0 spiro atoms. The van der Waals surface area contributed by atoms with Gasteiger partial charge in [-0.3, -0.25) is 4.79 Å². The first-order valence-corrected chi connectivity index (χ1v) is 8.90. The van der Waals surface area contributed by atoms with Gasteiger partial charge in [-0.1, -0.05) is 6.92 Å². The highest BCUT2D eigenvalue weighted by molar-refractivity contribution is 5.82. The van der Waals surface area contributed by atoms with Crippen molar-refractivity contribution in [1.82, 2.24) is 20.1 Å². The quantitative estimate of drug-likeness (QED) is 0.832. The number of amides is 3. The standard InChI is InChI=1S/C18H28N4O2/c1-12-9-16(12)22-11-14(10-17(22)23)20-18(24)19-13(2)6-7-15-5-4-8-21(15)3/h4-5,8,12-14,16H,6-7,9-11H2,1-3H3,(H2,19,20,24)/t12-,13+,14+,16-/m0/s1. The van der Waals surface area contributed by atoms with Crippen LogP contribution in [-0.4, -0.2) is 46.1 Å². The van der Waals surface area contributed by atoms with E-state index in [1.54, 1.807) is 0 Å². The maximum atomic E-state index is 12.1. The number of hydrogen-bond acceptors (Lipinski definition) is 2. The van der Waals surface area contributed by atoms with Gasteiger partial charge in [0.25, 0.3) is 0 Å². The average molecular weight is 332 g/mol. The number of urea groups is 1. The van der Waals surface area contributed by atoms with E-state index in [4.69, 9.17) is 0 Å². The molecule has 1 saturated carbocycles. The summed E-state index contributed by atoms with van der Waals surface area (Å²) < 4.78 is 2.10. The van der Waals surface area contributed by atoms with Crippen molar-refractivity contribution in [2.24, 2.45) is 13.0 Å². The summed E-state index contributed by atoms with van der Waals surface area (Å²) in [6.07, 6.45) is 5.37. The fraction of sp³-hybridized carbons (Fsp3) is 0.667. The fourth-order valence-electron chi connectivity index (χ4n) is 3.53. The Morgan fingerprint density at radius 3 is 2.83 bits per heavy atom. The maximum absolute atomic E-state index is 12.1. The minimum Gasteiger partial charge on any atom is -0.354 e. The second-order valence-corrected chi connectivity index (χ2v) is 7.40. The summed E-state index contributed by atoms with van der Waals surface area (Å²) in [4.78, 5) is 26.1. The Bertz CT molecular complexity index is 612. The molecule has 0 unspecified atom stereocenters. The van der Waals surface area contributed by atoms with Crippen LogP contribution < -0.4 is 10.6 Å². The third-order valence-electron chi connectivity index (χ3n) is 5.22. The van der Waals surface area contributed by atoms with Crippen LogP contribution in [0, 0.1) is 5.92 Å². The van der Waals surface area contributed by atoms with Crippen LogP contribution in [0.2, 0.25) is 0 Å². The lowest BCUT2D eigenvalue weighted by Gasteiger charge is -2.19. The van der Waals surface area contributed by atoms with Crippen molar-refractivity contribution in [3.05, 3.63) is 24.0 Å². The van der Waals surface area contributed by atoms with Gasteiger partial charge in [0, 0.05) is 44.0 Å². The van der Waals surface area contributed by atoms with Gasteiger partial charge >= 0.3 is 6.03 Å². The van der Waals surface area contributed by atoms with Gasteiger partial charge in [0.05, 0.1) is 6.04 Å². The molecule has 3 amide bonds. The van der Waals surface area contributed by atoms with E-state index in [0.29, 0.717) is 24.9 Å². The van der Waals surface area contributed by atoms with Gasteiger partial charge in [-0.15, -0.1) is 0 Å². The van der Waals surface area contributed by atoms with Crippen molar-refractivity contribution in [2.45, 2.75) is 57.7 Å². The normalized spacial score (nSPS) is 27.2. The van der Waals surface area contributed by atoms with Gasteiger partial charge in [-0.25, -0.2) is 4.79 Å². The predicted octanol–water partition coefficient (Wildman–Crippen LogP) is 1.65. The zero-order valence-electron chi connectivity index (χ0n) is 14.8. The molecule has 2 heterocycles. The molecule has 2 aliphatic rings. The number of aromatic nitrogens is 1. The number of carbonyl (C=O) groups is 2. The van der Waals surface area contributed by atoms with Crippen LogP contribution in [0.25, 0.3) is 0 Å². The van der Waals surface area contributed by atoms with Gasteiger partial charge in [-0.2, -0.15) is 0 Å². The summed E-state index contributed by atoms with van der Waals surface area (Å²) in [5.41, 5.74) is 1.26. The van der Waals surface area contributed by atoms with E-state index < -0.39 is 0 Å². The van der Waals surface area contributed by atoms with Crippen LogP contribution >= 0.6 is 0 Å². The summed E-state index contributed by atoms with van der Waals surface area (Å²) in [5.74, 6) is 0.783. The highest BCUT2D eigenvalue weighted by Gasteiger charge is 2.44. The van der Waals surface area contributed by atoms with Crippen molar-refractivity contribution in [2.75, 3.05) is 6.54 Å². The van der Waals surface area contributed by atoms with Crippen molar-refractivity contribution in [3.63, 3.8) is 0 Å². The Balaban J connectivity index is 1.39. The fourth-order valence-corrected chi connectivity index (χ4v) is 3.53. The number of nitrogens with one attached hydrogen (secondary N) is 2. The van der Waals surface area contributed by atoms with Crippen molar-refractivity contribution in [3.8, 4) is 0 Å². The molecule has 1 aliphatic carbocycles. The third-order valence-corrected chi connectivity index (χ3v) is 5.22. The Hall–Kier alpha value is -1.98. The number of nitrogens with zero attached hydrogens (tertiary/aromatic N) is 2. The Labute approximate surface area is 143 Å². The van der Waals surface area contributed by atoms with E-state index in [1.807, 2.05) is 31.1 Å². The van der Waals surface area contributed by atoms with Crippen molar-refractivity contribution >= 4 is 11.9 Å². The molecule has 1 aromatic heterocycles. The maximum Gasteiger partial charge on any atom is 0.315 e. The van der Waals surface area contributed by atoms with Crippen molar-refractivity contribution < 1.29 is 9.59 Å². The molecule has 1 saturated heterocycles. The Kier molecular flexibility index (Phi) is 4.83. The summed E-state index contributed by atoms with van der Waals surface area (Å²) in [6, 6.07) is 4.39. The van der Waals surface area contributed by atoms with Gasteiger partial charge < -0.3 is 20.1 Å². The highest BCUT2D eigenvalue weighted by atomic mass is 16.2. The molecule has 0 radical (unpaired) electrons. The number of likely N-dealkylation sites (tertiary alicyclic amines) is 1. The lowest BCUT2D eigenvalue weighted by molar-refractivity contribution is -0.128. The zero-order chi connectivity index (χ0) is 17.3. The summed E-state index contributed by atoms with van der Waals surface area (Å²) >= 11 is 0. The molecule has 0 aromatic carbocycles. The molecule has 1 aromatic rings. The minimum absolute atomic E-state index is 0.0645. The molecule has 2 fully saturated rings. The molecular weight excluding hydrogens is 304 g/mol. The van der Waals surface area contributed by atoms with E-state index in [1.165, 1.54) is 5.69 Å². The van der Waals surface area contributed by atoms with E-state index in [2.05, 4.69) is 28.2 Å². The van der Waals surface area contributed by atoms with Gasteiger partial charge in [0.2, 0.25) is 5.91 Å². The topological polar surface area (TPSA) is 66.4 Å². The molecule has 0 bridgehead atoms. The van der Waals surface area contributed by atoms with Crippen LogP contribution in [0.1, 0.15) is 38.8 Å². The summed E-state index contributed by atoms with van der Waals surface area (Å²) in [7, 11) is 2.03. The average Bonchev–Trinajstić information content (AvgIpc) is 2.90. The number of hydrogen-bond donors (Lipinski definition) is 2. The van der Waals surface area contributed by atoms with Crippen LogP contribution in [0.4, 0.5) is 4.79 Å². The molecule has 6 nitrogen and oxygen atoms in total. The molecule has 6 heteroatoms. The minimum atomic E-state index is -0.169. The lowest BCUT2D eigenvalue weighted by atomic mass is 10.1. The van der Waals surface area contributed by atoms with Crippen LogP contribution in [0.15, 0.2) is 18.3 Å². The first-order valence-electron chi connectivity index (χ1n) is 8.90. The van der Waals surface area contributed by atoms with E-state index in [9.17, 15) is 9.59 Å². The molecule has 4 atom stereocenters. The smallest absolute Gasteiger partial charge is 0.315 e. The molecule has 2 N–H and O–H groups in total. The second kappa shape index (κ2) is 6.87. The number of carbonyl (C=O) groups excluding carboxylic acids is 2. The van der Waals surface area contributed by atoms with Gasteiger partial charge in [0.15, 0.2) is 0 Å². The molecule has 1 aliphatic heterocycles. The lowest BCUT2D eigenvalue weighted by Crippen LogP contribution is -2.46. The monoisotopic (exact) mass is 332 g/mol. The zero-order valence-corrected chi connectivity index (χ0v) is 14.8. The predicted molar refractivity (Wildman–Crippen MR) is 92.6 cm³/mol. The van der Waals surface area contributed by atoms with Crippen LogP contribution in [0.3, 0.4) is 0 Å². The summed E-state index contributed by atoms with van der Waals surface area (Å²) in [6.45, 7) is 4.83. The molecular formula is C18H28N4O2. The molecule has 132 valence electrons. The summed E-state index contributed by atoms with van der Waals surface area (Å²) in [5, 5.41) is 5.94. The second-order valence-electron chi connectivity index (χ2n) is 7.40. The Morgan fingerprint density at radius 2 is 2.21 bits per heavy atom. The van der Waals surface area contributed by atoms with Crippen molar-refractivity contribution in [1.29, 1.82) is 0 Å². The Morgan fingerprint density at radius 1 is 1.46 bits per heavy atom. The largest absolute Gasteiger partial charge is 0.354 e. The van der Waals surface area contributed by atoms with Gasteiger partial charge in [-0.05, 0) is 44.2 Å². The highest BCUT2D eigenvalue weighted by Crippen LogP contribution is 2.37. The van der Waals surface area contributed by atoms with Gasteiger partial charge in [0.1, 0.15) is 0 Å². The first kappa shape index (κ1) is 16.9. The first-order chi connectivity index (χ1) is 11.4. The van der Waals surface area contributed by atoms with E-state index >= 15 is 0 Å². The number of rotatable bonds is 6. The van der Waals surface area contributed by atoms with Crippen LogP contribution in [0.5, 0.6) is 0 Å². The third kappa shape index (κ3) is 3.91. The van der Waals surface area contributed by atoms with E-state index in [0.717, 1.165) is 19.3 Å². The molecule has 3 rings (SSSR count). The van der Waals surface area contributed by atoms with Crippen LogP contribution in [-0.2, 0) is 18.3 Å².